The van der Waals surface area contributed by atoms with Crippen LogP contribution in [-0.4, -0.2) is 32.6 Å². The van der Waals surface area contributed by atoms with Gasteiger partial charge in [0.05, 0.1) is 26.2 Å². The molecule has 174 valence electrons. The molecule has 1 saturated heterocycles. The van der Waals surface area contributed by atoms with Gasteiger partial charge >= 0.3 is 0 Å². The maximum absolute atomic E-state index is 14.1. The molecule has 0 bridgehead atoms. The van der Waals surface area contributed by atoms with Crippen LogP contribution in [0.1, 0.15) is 30.0 Å². The number of anilines is 2. The van der Waals surface area contributed by atoms with Gasteiger partial charge in [-0.3, -0.25) is 9.59 Å². The van der Waals surface area contributed by atoms with Crippen molar-refractivity contribution in [3.63, 3.8) is 0 Å². The van der Waals surface area contributed by atoms with Crippen molar-refractivity contribution in [2.45, 2.75) is 25.3 Å². The van der Waals surface area contributed by atoms with Gasteiger partial charge in [-0.15, -0.1) is 0 Å². The second kappa shape index (κ2) is 9.21. The number of carbonyl (C=O) groups excluding carboxylic acids is 2. The van der Waals surface area contributed by atoms with E-state index in [0.717, 1.165) is 23.4 Å². The van der Waals surface area contributed by atoms with Crippen molar-refractivity contribution < 1.29 is 19.1 Å². The number of hydrogen-bond donors (Lipinski definition) is 0. The molecule has 6 nitrogen and oxygen atoms in total. The minimum atomic E-state index is -0.481. The van der Waals surface area contributed by atoms with Crippen LogP contribution in [-0.2, 0) is 16.0 Å². The van der Waals surface area contributed by atoms with Crippen molar-refractivity contribution in [1.82, 2.24) is 0 Å². The van der Waals surface area contributed by atoms with E-state index in [0.29, 0.717) is 30.9 Å². The predicted molar refractivity (Wildman–Crippen MR) is 131 cm³/mol. The summed E-state index contributed by atoms with van der Waals surface area (Å²) in [7, 11) is 3.23. The first-order valence-corrected chi connectivity index (χ1v) is 11.6. The zero-order valence-electron chi connectivity index (χ0n) is 19.4. The van der Waals surface area contributed by atoms with Gasteiger partial charge in [-0.25, -0.2) is 0 Å². The number of amides is 2. The third-order valence-electron chi connectivity index (χ3n) is 6.88. The van der Waals surface area contributed by atoms with Crippen LogP contribution < -0.4 is 19.3 Å². The number of para-hydroxylation sites is 2. The van der Waals surface area contributed by atoms with Crippen molar-refractivity contribution in [3.05, 3.63) is 83.9 Å². The average Bonchev–Trinajstić information content (AvgIpc) is 3.32. The Bertz CT molecular complexity index is 1210. The highest BCUT2D eigenvalue weighted by molar-refractivity contribution is 6.02. The lowest BCUT2D eigenvalue weighted by Crippen LogP contribution is -2.49. The zero-order valence-corrected chi connectivity index (χ0v) is 19.4. The van der Waals surface area contributed by atoms with Gasteiger partial charge in [0, 0.05) is 29.9 Å². The number of methoxy groups -OCH3 is 2. The molecular weight excluding hydrogens is 428 g/mol. The van der Waals surface area contributed by atoms with Crippen molar-refractivity contribution in [3.8, 4) is 11.5 Å². The topological polar surface area (TPSA) is 59.1 Å². The van der Waals surface area contributed by atoms with Gasteiger partial charge in [0.2, 0.25) is 11.8 Å². The third-order valence-corrected chi connectivity index (χ3v) is 6.88. The molecule has 2 atom stereocenters. The first-order chi connectivity index (χ1) is 16.6. The summed E-state index contributed by atoms with van der Waals surface area (Å²) < 4.78 is 11.0. The van der Waals surface area contributed by atoms with E-state index in [1.165, 1.54) is 5.56 Å². The molecule has 3 aromatic rings. The maximum Gasteiger partial charge on any atom is 0.232 e. The fourth-order valence-corrected chi connectivity index (χ4v) is 5.23. The van der Waals surface area contributed by atoms with Crippen LogP contribution in [0.5, 0.6) is 11.5 Å². The predicted octanol–water partition coefficient (Wildman–Crippen LogP) is 4.78. The van der Waals surface area contributed by atoms with Gasteiger partial charge in [-0.05, 0) is 54.8 Å². The Labute approximate surface area is 199 Å². The molecule has 2 aliphatic rings. The van der Waals surface area contributed by atoms with Crippen LogP contribution in [0, 0.1) is 5.92 Å². The van der Waals surface area contributed by atoms with Gasteiger partial charge in [-0.2, -0.15) is 0 Å². The SMILES string of the molecule is COc1ccc(N2C(=O)CC[C@H](C(=O)N3CCc4ccccc43)[C@H]2c2ccccc2OC)cc1. The standard InChI is InChI=1S/C28H28N2O4/c1-33-21-13-11-20(12-14-21)30-26(31)16-15-23(27(30)22-8-4-6-10-25(22)34-2)28(32)29-18-17-19-7-3-5-9-24(19)29/h3-14,23,27H,15-18H2,1-2H3/t23-,27+/m0/s1. The first-order valence-electron chi connectivity index (χ1n) is 11.6. The molecular formula is C28H28N2O4. The zero-order chi connectivity index (χ0) is 23.7. The normalized spacial score (nSPS) is 19.6. The van der Waals surface area contributed by atoms with E-state index < -0.39 is 12.0 Å². The molecule has 2 heterocycles. The van der Waals surface area contributed by atoms with Gasteiger partial charge in [0.15, 0.2) is 0 Å². The molecule has 0 radical (unpaired) electrons. The second-order valence-electron chi connectivity index (χ2n) is 8.66. The van der Waals surface area contributed by atoms with Crippen LogP contribution in [0.25, 0.3) is 0 Å². The fourth-order valence-electron chi connectivity index (χ4n) is 5.23. The smallest absolute Gasteiger partial charge is 0.232 e. The van der Waals surface area contributed by atoms with Gasteiger partial charge in [-0.1, -0.05) is 36.4 Å². The van der Waals surface area contributed by atoms with E-state index in [1.54, 1.807) is 19.1 Å². The second-order valence-corrected chi connectivity index (χ2v) is 8.66. The largest absolute Gasteiger partial charge is 0.497 e. The Morgan fingerprint density at radius 3 is 2.38 bits per heavy atom. The summed E-state index contributed by atoms with van der Waals surface area (Å²) >= 11 is 0. The minimum Gasteiger partial charge on any atom is -0.497 e. The van der Waals surface area contributed by atoms with Crippen molar-refractivity contribution >= 4 is 23.2 Å². The number of rotatable bonds is 5. The van der Waals surface area contributed by atoms with Crippen LogP contribution in [0.15, 0.2) is 72.8 Å². The summed E-state index contributed by atoms with van der Waals surface area (Å²) in [5.74, 6) is 1.02. The quantitative estimate of drug-likeness (QED) is 0.555. The molecule has 0 saturated carbocycles. The Balaban J connectivity index is 1.60. The molecule has 1 fully saturated rings. The monoisotopic (exact) mass is 456 g/mol. The van der Waals surface area contributed by atoms with Gasteiger partial charge in [0.1, 0.15) is 11.5 Å². The van der Waals surface area contributed by atoms with E-state index in [4.69, 9.17) is 9.47 Å². The summed E-state index contributed by atoms with van der Waals surface area (Å²) in [5.41, 5.74) is 3.73. The minimum absolute atomic E-state index is 0.00746. The fraction of sp³-hybridized carbons (Fsp3) is 0.286. The summed E-state index contributed by atoms with van der Waals surface area (Å²) in [5, 5.41) is 0. The molecule has 6 heteroatoms. The first kappa shape index (κ1) is 22.0. The molecule has 5 rings (SSSR count). The number of piperidine rings is 1. The van der Waals surface area contributed by atoms with Crippen LogP contribution in [0.2, 0.25) is 0 Å². The average molecular weight is 457 g/mol. The maximum atomic E-state index is 14.1. The number of fused-ring (bicyclic) bond motifs is 1. The van der Waals surface area contributed by atoms with E-state index in [1.807, 2.05) is 71.6 Å². The molecule has 2 amide bonds. The molecule has 0 aliphatic carbocycles. The summed E-state index contributed by atoms with van der Waals surface area (Å²) in [6.07, 6.45) is 1.64. The van der Waals surface area contributed by atoms with E-state index in [9.17, 15) is 9.59 Å². The lowest BCUT2D eigenvalue weighted by Gasteiger charge is -2.42. The number of ether oxygens (including phenoxy) is 2. The van der Waals surface area contributed by atoms with Crippen LogP contribution in [0.4, 0.5) is 11.4 Å². The van der Waals surface area contributed by atoms with Crippen molar-refractivity contribution in [2.24, 2.45) is 5.92 Å². The van der Waals surface area contributed by atoms with Gasteiger partial charge in [0.25, 0.3) is 0 Å². The van der Waals surface area contributed by atoms with E-state index >= 15 is 0 Å². The number of nitrogens with zero attached hydrogens (tertiary/aromatic N) is 2. The number of hydrogen-bond acceptors (Lipinski definition) is 4. The summed E-state index contributed by atoms with van der Waals surface area (Å²) in [4.78, 5) is 31.1. The van der Waals surface area contributed by atoms with E-state index in [-0.39, 0.29) is 11.8 Å². The molecule has 0 unspecified atom stereocenters. The number of carbonyl (C=O) groups is 2. The highest BCUT2D eigenvalue weighted by atomic mass is 16.5. The third kappa shape index (κ3) is 3.79. The highest BCUT2D eigenvalue weighted by Gasteiger charge is 2.45. The lowest BCUT2D eigenvalue weighted by atomic mass is 9.82. The summed E-state index contributed by atoms with van der Waals surface area (Å²) in [6, 6.07) is 22.7. The van der Waals surface area contributed by atoms with Crippen molar-refractivity contribution in [2.75, 3.05) is 30.6 Å². The summed E-state index contributed by atoms with van der Waals surface area (Å²) in [6.45, 7) is 0.657. The molecule has 3 aromatic carbocycles. The Kier molecular flexibility index (Phi) is 5.97. The Morgan fingerprint density at radius 2 is 1.62 bits per heavy atom. The molecule has 0 N–H and O–H groups in total. The Hall–Kier alpha value is -3.80. The van der Waals surface area contributed by atoms with Crippen LogP contribution in [0.3, 0.4) is 0 Å². The van der Waals surface area contributed by atoms with Crippen molar-refractivity contribution in [1.29, 1.82) is 0 Å². The molecule has 0 spiro atoms. The number of benzene rings is 3. The molecule has 2 aliphatic heterocycles. The van der Waals surface area contributed by atoms with Crippen LogP contribution >= 0.6 is 0 Å². The van der Waals surface area contributed by atoms with E-state index in [2.05, 4.69) is 6.07 Å². The lowest BCUT2D eigenvalue weighted by molar-refractivity contribution is -0.127. The highest BCUT2D eigenvalue weighted by Crippen LogP contribution is 2.45. The Morgan fingerprint density at radius 1 is 0.882 bits per heavy atom. The van der Waals surface area contributed by atoms with Gasteiger partial charge < -0.3 is 19.3 Å². The molecule has 0 aromatic heterocycles. The molecule has 34 heavy (non-hydrogen) atoms.